The lowest BCUT2D eigenvalue weighted by molar-refractivity contribution is -0.115. The molecule has 2 amide bonds. The van der Waals surface area contributed by atoms with Crippen LogP contribution in [-0.4, -0.2) is 27.0 Å². The number of halogens is 1. The number of hydrogen-bond donors (Lipinski definition) is 2. The molecule has 2 heterocycles. The van der Waals surface area contributed by atoms with Crippen molar-refractivity contribution in [2.75, 3.05) is 10.6 Å². The van der Waals surface area contributed by atoms with Gasteiger partial charge in [0.1, 0.15) is 17.2 Å². The van der Waals surface area contributed by atoms with E-state index in [-0.39, 0.29) is 17.6 Å². The summed E-state index contributed by atoms with van der Waals surface area (Å²) >= 11 is 2.87. The first-order chi connectivity index (χ1) is 15.4. The number of anilines is 2. The number of rotatable bonds is 6. The molecule has 162 valence electrons. The van der Waals surface area contributed by atoms with Crippen molar-refractivity contribution in [3.63, 3.8) is 0 Å². The first kappa shape index (κ1) is 21.9. The molecule has 2 aromatic heterocycles. The fourth-order valence-electron chi connectivity index (χ4n) is 2.98. The van der Waals surface area contributed by atoms with Gasteiger partial charge >= 0.3 is 0 Å². The van der Waals surface area contributed by atoms with Gasteiger partial charge in [-0.25, -0.2) is 14.4 Å². The van der Waals surface area contributed by atoms with Crippen molar-refractivity contribution < 1.29 is 14.0 Å². The van der Waals surface area contributed by atoms with E-state index in [0.29, 0.717) is 11.4 Å². The van der Waals surface area contributed by atoms with Crippen LogP contribution in [0, 0.1) is 5.82 Å². The Bertz CT molecular complexity index is 1270. The van der Waals surface area contributed by atoms with E-state index >= 15 is 0 Å². The van der Waals surface area contributed by atoms with Gasteiger partial charge in [-0.05, 0) is 55.0 Å². The van der Waals surface area contributed by atoms with Crippen LogP contribution in [-0.2, 0) is 9.59 Å². The van der Waals surface area contributed by atoms with Crippen LogP contribution in [0.5, 0.6) is 0 Å². The number of thiophene rings is 1. The molecule has 0 spiro atoms. The molecule has 1 unspecified atom stereocenters. The molecule has 4 rings (SSSR count). The number of amides is 2. The van der Waals surface area contributed by atoms with Gasteiger partial charge in [0.25, 0.3) is 0 Å². The Balaban J connectivity index is 1.48. The topological polar surface area (TPSA) is 84.0 Å². The smallest absolute Gasteiger partial charge is 0.237 e. The molecule has 2 N–H and O–H groups in total. The Hall–Kier alpha value is -3.30. The summed E-state index contributed by atoms with van der Waals surface area (Å²) in [5, 5.41) is 5.88. The molecule has 0 radical (unpaired) electrons. The highest BCUT2D eigenvalue weighted by atomic mass is 32.2. The number of thioether (sulfide) groups is 1. The monoisotopic (exact) mass is 466 g/mol. The lowest BCUT2D eigenvalue weighted by atomic mass is 10.2. The Morgan fingerprint density at radius 2 is 1.66 bits per heavy atom. The summed E-state index contributed by atoms with van der Waals surface area (Å²) in [5.74, 6) is -0.598. The molecule has 0 aliphatic rings. The summed E-state index contributed by atoms with van der Waals surface area (Å²) in [6.07, 6.45) is 1.48. The fourth-order valence-corrected chi connectivity index (χ4v) is 5.07. The van der Waals surface area contributed by atoms with Gasteiger partial charge in [0.15, 0.2) is 0 Å². The Kier molecular flexibility index (Phi) is 6.48. The predicted molar refractivity (Wildman–Crippen MR) is 128 cm³/mol. The van der Waals surface area contributed by atoms with Crippen LogP contribution >= 0.6 is 23.1 Å². The van der Waals surface area contributed by atoms with Gasteiger partial charge < -0.3 is 10.6 Å². The highest BCUT2D eigenvalue weighted by Crippen LogP contribution is 2.38. The standard InChI is InChI=1S/C23H19FN4O2S2/c1-13(22(30)28-18-9-7-17(8-10-18)27-14(2)29)31-23-21-19(25-12-26-23)11-20(32-21)15-3-5-16(24)6-4-15/h3-13H,1-2H3,(H,27,29)(H,28,30). The average Bonchev–Trinajstić information content (AvgIpc) is 3.20. The molecule has 0 fully saturated rings. The highest BCUT2D eigenvalue weighted by molar-refractivity contribution is 8.00. The van der Waals surface area contributed by atoms with E-state index in [1.165, 1.54) is 48.5 Å². The van der Waals surface area contributed by atoms with Crippen LogP contribution < -0.4 is 10.6 Å². The average molecular weight is 467 g/mol. The third-order valence-electron chi connectivity index (χ3n) is 4.54. The number of nitrogens with zero attached hydrogens (tertiary/aromatic N) is 2. The Labute approximate surface area is 192 Å². The first-order valence-corrected chi connectivity index (χ1v) is 11.4. The zero-order valence-electron chi connectivity index (χ0n) is 17.3. The molecule has 1 atom stereocenters. The summed E-state index contributed by atoms with van der Waals surface area (Å²) in [6.45, 7) is 3.25. The van der Waals surface area contributed by atoms with E-state index in [2.05, 4.69) is 20.6 Å². The summed E-state index contributed by atoms with van der Waals surface area (Å²) < 4.78 is 14.1. The van der Waals surface area contributed by atoms with Crippen LogP contribution in [0.3, 0.4) is 0 Å². The number of fused-ring (bicyclic) bond motifs is 1. The third kappa shape index (κ3) is 5.12. The molecular formula is C23H19FN4O2S2. The van der Waals surface area contributed by atoms with E-state index in [1.54, 1.807) is 36.4 Å². The van der Waals surface area contributed by atoms with Crippen molar-refractivity contribution in [1.82, 2.24) is 9.97 Å². The van der Waals surface area contributed by atoms with E-state index in [9.17, 15) is 14.0 Å². The second-order valence-electron chi connectivity index (χ2n) is 7.02. The molecule has 32 heavy (non-hydrogen) atoms. The molecule has 0 aliphatic carbocycles. The van der Waals surface area contributed by atoms with Crippen molar-refractivity contribution >= 4 is 56.5 Å². The van der Waals surface area contributed by atoms with E-state index in [0.717, 1.165) is 25.7 Å². The van der Waals surface area contributed by atoms with Crippen molar-refractivity contribution in [3.8, 4) is 10.4 Å². The summed E-state index contributed by atoms with van der Waals surface area (Å²) in [7, 11) is 0. The molecule has 0 bridgehead atoms. The van der Waals surface area contributed by atoms with Crippen molar-refractivity contribution in [3.05, 3.63) is 66.7 Å². The predicted octanol–water partition coefficient (Wildman–Crippen LogP) is 5.58. The van der Waals surface area contributed by atoms with Crippen LogP contribution in [0.25, 0.3) is 20.7 Å². The largest absolute Gasteiger partial charge is 0.326 e. The van der Waals surface area contributed by atoms with Gasteiger partial charge in [-0.3, -0.25) is 9.59 Å². The molecular weight excluding hydrogens is 447 g/mol. The van der Waals surface area contributed by atoms with Crippen LogP contribution in [0.4, 0.5) is 15.8 Å². The van der Waals surface area contributed by atoms with Gasteiger partial charge in [0.2, 0.25) is 11.8 Å². The molecule has 6 nitrogen and oxygen atoms in total. The lowest BCUT2D eigenvalue weighted by Gasteiger charge is -2.12. The molecule has 0 aliphatic heterocycles. The maximum Gasteiger partial charge on any atom is 0.237 e. The minimum atomic E-state index is -0.403. The minimum absolute atomic E-state index is 0.154. The molecule has 2 aromatic carbocycles. The van der Waals surface area contributed by atoms with Gasteiger partial charge in [-0.1, -0.05) is 23.9 Å². The first-order valence-electron chi connectivity index (χ1n) is 9.75. The number of aromatic nitrogens is 2. The molecule has 4 aromatic rings. The molecule has 9 heteroatoms. The fraction of sp³-hybridized carbons (Fsp3) is 0.130. The Morgan fingerprint density at radius 3 is 2.31 bits per heavy atom. The van der Waals surface area contributed by atoms with E-state index in [1.807, 2.05) is 13.0 Å². The summed E-state index contributed by atoms with van der Waals surface area (Å²) in [4.78, 5) is 33.5. The number of nitrogens with one attached hydrogen (secondary N) is 2. The van der Waals surface area contributed by atoms with Crippen molar-refractivity contribution in [2.45, 2.75) is 24.1 Å². The number of benzene rings is 2. The van der Waals surface area contributed by atoms with Gasteiger partial charge in [0.05, 0.1) is 15.5 Å². The third-order valence-corrected chi connectivity index (χ3v) is 6.95. The molecule has 0 saturated heterocycles. The van der Waals surface area contributed by atoms with E-state index in [4.69, 9.17) is 0 Å². The zero-order chi connectivity index (χ0) is 22.7. The summed E-state index contributed by atoms with van der Waals surface area (Å²) in [5.41, 5.74) is 2.99. The van der Waals surface area contributed by atoms with Crippen LogP contribution in [0.1, 0.15) is 13.8 Å². The lowest BCUT2D eigenvalue weighted by Crippen LogP contribution is -2.22. The number of hydrogen-bond acceptors (Lipinski definition) is 6. The summed E-state index contributed by atoms with van der Waals surface area (Å²) in [6, 6.07) is 15.2. The van der Waals surface area contributed by atoms with Crippen molar-refractivity contribution in [1.29, 1.82) is 0 Å². The van der Waals surface area contributed by atoms with Gasteiger partial charge in [-0.15, -0.1) is 11.3 Å². The maximum atomic E-state index is 13.2. The minimum Gasteiger partial charge on any atom is -0.326 e. The normalized spacial score (nSPS) is 11.8. The quantitative estimate of drug-likeness (QED) is 0.286. The maximum absolute atomic E-state index is 13.2. The number of carbonyl (C=O) groups is 2. The number of carbonyl (C=O) groups excluding carboxylic acids is 2. The van der Waals surface area contributed by atoms with Crippen molar-refractivity contribution in [2.24, 2.45) is 0 Å². The Morgan fingerprint density at radius 1 is 1.00 bits per heavy atom. The van der Waals surface area contributed by atoms with E-state index < -0.39 is 5.25 Å². The highest BCUT2D eigenvalue weighted by Gasteiger charge is 2.19. The SMILES string of the molecule is CC(=O)Nc1ccc(NC(=O)C(C)Sc2ncnc3cc(-c4ccc(F)cc4)sc23)cc1. The molecule has 0 saturated carbocycles. The second kappa shape index (κ2) is 9.46. The van der Waals surface area contributed by atoms with Gasteiger partial charge in [-0.2, -0.15) is 0 Å². The van der Waals surface area contributed by atoms with Crippen LogP contribution in [0.2, 0.25) is 0 Å². The second-order valence-corrected chi connectivity index (χ2v) is 9.40. The van der Waals surface area contributed by atoms with Gasteiger partial charge in [0, 0.05) is 23.2 Å². The van der Waals surface area contributed by atoms with Crippen LogP contribution in [0.15, 0.2) is 66.0 Å². The zero-order valence-corrected chi connectivity index (χ0v) is 18.9.